The number of ether oxygens (including phenoxy) is 1. The molecule has 2 heterocycles. The van der Waals surface area contributed by atoms with Gasteiger partial charge in [0.1, 0.15) is 11.2 Å². The molecule has 102 valence electrons. The number of benzene rings is 1. The average molecular weight is 333 g/mol. The number of pyridine rings is 1. The molecule has 3 rings (SSSR count). The van der Waals surface area contributed by atoms with E-state index in [0.29, 0.717) is 35.7 Å². The van der Waals surface area contributed by atoms with Crippen LogP contribution in [0.15, 0.2) is 47.1 Å². The van der Waals surface area contributed by atoms with Crippen LogP contribution in [0.1, 0.15) is 16.1 Å². The van der Waals surface area contributed by atoms with Crippen LogP contribution in [-0.4, -0.2) is 28.9 Å². The van der Waals surface area contributed by atoms with Gasteiger partial charge in [0.05, 0.1) is 6.54 Å². The first-order valence-electron chi connectivity index (χ1n) is 6.36. The average Bonchev–Trinajstić information content (AvgIpc) is 2.61. The summed E-state index contributed by atoms with van der Waals surface area (Å²) in [6.45, 7) is 1.60. The van der Waals surface area contributed by atoms with Crippen molar-refractivity contribution in [3.8, 4) is 5.75 Å². The molecular weight excluding hydrogens is 320 g/mol. The molecule has 0 radical (unpaired) electrons. The highest BCUT2D eigenvalue weighted by molar-refractivity contribution is 9.10. The van der Waals surface area contributed by atoms with Gasteiger partial charge in [0.15, 0.2) is 11.4 Å². The number of carbonyl (C=O) groups excluding carboxylic acids is 1. The van der Waals surface area contributed by atoms with Crippen LogP contribution in [0, 0.1) is 0 Å². The minimum atomic E-state index is -0.0948. The normalized spacial score (nSPS) is 14.4. The van der Waals surface area contributed by atoms with E-state index in [-0.39, 0.29) is 5.91 Å². The first-order chi connectivity index (χ1) is 9.74. The Morgan fingerprint density at radius 2 is 2.00 bits per heavy atom. The first-order valence-corrected chi connectivity index (χ1v) is 7.16. The zero-order chi connectivity index (χ0) is 13.9. The third kappa shape index (κ3) is 2.67. The molecule has 1 aliphatic heterocycles. The predicted molar refractivity (Wildman–Crippen MR) is 78.6 cm³/mol. The van der Waals surface area contributed by atoms with E-state index in [2.05, 4.69) is 20.9 Å². The van der Waals surface area contributed by atoms with E-state index in [0.717, 1.165) is 5.56 Å². The molecule has 0 unspecified atom stereocenters. The summed E-state index contributed by atoms with van der Waals surface area (Å²) >= 11 is 3.29. The van der Waals surface area contributed by atoms with Crippen LogP contribution in [0.3, 0.4) is 0 Å². The zero-order valence-corrected chi connectivity index (χ0v) is 12.3. The smallest absolute Gasteiger partial charge is 0.276 e. The van der Waals surface area contributed by atoms with Gasteiger partial charge in [0.2, 0.25) is 0 Å². The second kappa shape index (κ2) is 5.63. The minimum absolute atomic E-state index is 0.0948. The SMILES string of the molecule is O=C1c2nc(Br)ccc2OCCN1Cc1ccccc1. The molecule has 0 saturated carbocycles. The molecular formula is C15H13BrN2O2. The van der Waals surface area contributed by atoms with Crippen molar-refractivity contribution in [1.82, 2.24) is 9.88 Å². The molecule has 1 aliphatic rings. The van der Waals surface area contributed by atoms with E-state index < -0.39 is 0 Å². The highest BCUT2D eigenvalue weighted by atomic mass is 79.9. The molecule has 4 nitrogen and oxygen atoms in total. The molecule has 0 fully saturated rings. The van der Waals surface area contributed by atoms with Gasteiger partial charge < -0.3 is 9.64 Å². The lowest BCUT2D eigenvalue weighted by molar-refractivity contribution is 0.0738. The number of rotatable bonds is 2. The summed E-state index contributed by atoms with van der Waals surface area (Å²) in [5, 5.41) is 0. The first kappa shape index (κ1) is 13.1. The van der Waals surface area contributed by atoms with E-state index in [9.17, 15) is 4.79 Å². The third-order valence-electron chi connectivity index (χ3n) is 3.15. The van der Waals surface area contributed by atoms with E-state index in [1.54, 1.807) is 17.0 Å². The molecule has 0 bridgehead atoms. The van der Waals surface area contributed by atoms with Gasteiger partial charge in [-0.2, -0.15) is 0 Å². The summed E-state index contributed by atoms with van der Waals surface area (Å²) in [7, 11) is 0. The Labute approximate surface area is 125 Å². The highest BCUT2D eigenvalue weighted by Gasteiger charge is 2.25. The lowest BCUT2D eigenvalue weighted by atomic mass is 10.2. The quantitative estimate of drug-likeness (QED) is 0.794. The number of hydrogen-bond donors (Lipinski definition) is 0. The van der Waals surface area contributed by atoms with Crippen LogP contribution in [0.2, 0.25) is 0 Å². The highest BCUT2D eigenvalue weighted by Crippen LogP contribution is 2.24. The summed E-state index contributed by atoms with van der Waals surface area (Å²) in [6, 6.07) is 13.5. The fourth-order valence-corrected chi connectivity index (χ4v) is 2.47. The molecule has 5 heteroatoms. The number of amides is 1. The van der Waals surface area contributed by atoms with Gasteiger partial charge in [-0.25, -0.2) is 4.98 Å². The van der Waals surface area contributed by atoms with Gasteiger partial charge in [0, 0.05) is 6.54 Å². The summed E-state index contributed by atoms with van der Waals surface area (Å²) < 4.78 is 6.23. The van der Waals surface area contributed by atoms with Crippen molar-refractivity contribution < 1.29 is 9.53 Å². The Bertz CT molecular complexity index is 631. The van der Waals surface area contributed by atoms with Gasteiger partial charge in [-0.05, 0) is 33.6 Å². The standard InChI is InChI=1S/C15H13BrN2O2/c16-13-7-6-12-14(17-13)15(19)18(8-9-20-12)10-11-4-2-1-3-5-11/h1-7H,8-10H2. The van der Waals surface area contributed by atoms with Gasteiger partial charge in [0.25, 0.3) is 5.91 Å². The summed E-state index contributed by atoms with van der Waals surface area (Å²) in [5.41, 5.74) is 1.46. The fourth-order valence-electron chi connectivity index (χ4n) is 2.16. The van der Waals surface area contributed by atoms with Gasteiger partial charge in [-0.15, -0.1) is 0 Å². The number of fused-ring (bicyclic) bond motifs is 1. The predicted octanol–water partition coefficient (Wildman–Crippen LogP) is 2.88. The maximum Gasteiger partial charge on any atom is 0.276 e. The van der Waals surface area contributed by atoms with Crippen molar-refractivity contribution in [3.63, 3.8) is 0 Å². The summed E-state index contributed by atoms with van der Waals surface area (Å²) in [5.74, 6) is 0.455. The number of halogens is 1. The molecule has 0 spiro atoms. The van der Waals surface area contributed by atoms with Crippen LogP contribution < -0.4 is 4.74 Å². The molecule has 0 atom stereocenters. The molecule has 0 aliphatic carbocycles. The summed E-state index contributed by atoms with van der Waals surface area (Å²) in [4.78, 5) is 18.6. The van der Waals surface area contributed by atoms with Crippen molar-refractivity contribution >= 4 is 21.8 Å². The van der Waals surface area contributed by atoms with E-state index >= 15 is 0 Å². The van der Waals surface area contributed by atoms with Crippen LogP contribution >= 0.6 is 15.9 Å². The topological polar surface area (TPSA) is 42.4 Å². The Morgan fingerprint density at radius 3 is 2.80 bits per heavy atom. The van der Waals surface area contributed by atoms with Crippen molar-refractivity contribution in [2.24, 2.45) is 0 Å². The zero-order valence-electron chi connectivity index (χ0n) is 10.8. The van der Waals surface area contributed by atoms with E-state index in [1.807, 2.05) is 30.3 Å². The molecule has 1 aromatic carbocycles. The minimum Gasteiger partial charge on any atom is -0.489 e. The largest absolute Gasteiger partial charge is 0.489 e. The lowest BCUT2D eigenvalue weighted by Crippen LogP contribution is -2.32. The van der Waals surface area contributed by atoms with Gasteiger partial charge in [-0.3, -0.25) is 4.79 Å². The Balaban J connectivity index is 1.89. The van der Waals surface area contributed by atoms with E-state index in [1.165, 1.54) is 0 Å². The molecule has 20 heavy (non-hydrogen) atoms. The van der Waals surface area contributed by atoms with E-state index in [4.69, 9.17) is 4.74 Å². The maximum absolute atomic E-state index is 12.6. The Kier molecular flexibility index (Phi) is 3.69. The number of hydrogen-bond acceptors (Lipinski definition) is 3. The fraction of sp³-hybridized carbons (Fsp3) is 0.200. The van der Waals surface area contributed by atoms with Crippen LogP contribution in [0.4, 0.5) is 0 Å². The Hall–Kier alpha value is -1.88. The lowest BCUT2D eigenvalue weighted by Gasteiger charge is -2.19. The van der Waals surface area contributed by atoms with Crippen molar-refractivity contribution in [1.29, 1.82) is 0 Å². The van der Waals surface area contributed by atoms with Gasteiger partial charge >= 0.3 is 0 Å². The summed E-state index contributed by atoms with van der Waals surface area (Å²) in [6.07, 6.45) is 0. The van der Waals surface area contributed by atoms with Crippen molar-refractivity contribution in [2.45, 2.75) is 6.54 Å². The van der Waals surface area contributed by atoms with Crippen LogP contribution in [0.25, 0.3) is 0 Å². The Morgan fingerprint density at radius 1 is 1.20 bits per heavy atom. The molecule has 0 N–H and O–H groups in total. The molecule has 1 aromatic heterocycles. The van der Waals surface area contributed by atoms with Crippen LogP contribution in [-0.2, 0) is 6.54 Å². The van der Waals surface area contributed by atoms with Crippen molar-refractivity contribution in [3.05, 3.63) is 58.3 Å². The molecule has 1 amide bonds. The number of carbonyl (C=O) groups is 1. The second-order valence-corrected chi connectivity index (χ2v) is 5.35. The maximum atomic E-state index is 12.6. The van der Waals surface area contributed by atoms with Gasteiger partial charge in [-0.1, -0.05) is 30.3 Å². The monoisotopic (exact) mass is 332 g/mol. The molecule has 2 aromatic rings. The van der Waals surface area contributed by atoms with Crippen LogP contribution in [0.5, 0.6) is 5.75 Å². The number of nitrogens with zero attached hydrogens (tertiary/aromatic N) is 2. The second-order valence-electron chi connectivity index (χ2n) is 4.54. The molecule has 0 saturated heterocycles. The number of aromatic nitrogens is 1. The van der Waals surface area contributed by atoms with Crippen molar-refractivity contribution in [2.75, 3.05) is 13.2 Å². The third-order valence-corrected chi connectivity index (χ3v) is 3.59.